The van der Waals surface area contributed by atoms with Crippen LogP contribution in [0, 0.1) is 0 Å². The van der Waals surface area contributed by atoms with Gasteiger partial charge in [-0.25, -0.2) is 0 Å². The van der Waals surface area contributed by atoms with Crippen molar-refractivity contribution in [3.8, 4) is 0 Å². The SMILES string of the molecule is COCOCCCCCCCCCCCCCCCCN1C(=O)c2ccccc2C1=O. The fourth-order valence-electron chi connectivity index (χ4n) is 4.18. The molecule has 1 aliphatic heterocycles. The number of carbonyl (C=O) groups is 2. The van der Waals surface area contributed by atoms with Gasteiger partial charge in [0.05, 0.1) is 11.1 Å². The van der Waals surface area contributed by atoms with Crippen LogP contribution in [0.25, 0.3) is 0 Å². The van der Waals surface area contributed by atoms with Crippen molar-refractivity contribution < 1.29 is 19.1 Å². The van der Waals surface area contributed by atoms with Crippen molar-refractivity contribution in [2.45, 2.75) is 89.9 Å². The van der Waals surface area contributed by atoms with Crippen molar-refractivity contribution in [2.24, 2.45) is 0 Å². The van der Waals surface area contributed by atoms with E-state index in [1.807, 2.05) is 12.1 Å². The lowest BCUT2D eigenvalue weighted by molar-refractivity contribution is -0.0315. The van der Waals surface area contributed by atoms with E-state index in [9.17, 15) is 9.59 Å². The highest BCUT2D eigenvalue weighted by Gasteiger charge is 2.34. The first-order valence-electron chi connectivity index (χ1n) is 12.3. The molecular formula is C26H41NO4. The molecule has 0 N–H and O–H groups in total. The summed E-state index contributed by atoms with van der Waals surface area (Å²) in [5.74, 6) is -0.256. The number of carbonyl (C=O) groups excluding carboxylic acids is 2. The minimum absolute atomic E-state index is 0.128. The van der Waals surface area contributed by atoms with Crippen molar-refractivity contribution in [1.82, 2.24) is 4.90 Å². The normalized spacial score (nSPS) is 13.3. The van der Waals surface area contributed by atoms with Crippen LogP contribution in [-0.2, 0) is 9.47 Å². The predicted octanol–water partition coefficient (Wildman–Crippen LogP) is 6.36. The van der Waals surface area contributed by atoms with Gasteiger partial charge < -0.3 is 9.47 Å². The molecule has 1 aliphatic rings. The second-order valence-electron chi connectivity index (χ2n) is 8.57. The lowest BCUT2D eigenvalue weighted by atomic mass is 10.0. The van der Waals surface area contributed by atoms with E-state index in [-0.39, 0.29) is 11.8 Å². The number of rotatable bonds is 19. The zero-order chi connectivity index (χ0) is 22.2. The second kappa shape index (κ2) is 16.0. The number of unbranched alkanes of at least 4 members (excludes halogenated alkanes) is 13. The third-order valence-corrected chi connectivity index (χ3v) is 6.00. The smallest absolute Gasteiger partial charge is 0.261 e. The molecule has 0 saturated heterocycles. The summed E-state index contributed by atoms with van der Waals surface area (Å²) in [4.78, 5) is 26.0. The molecule has 0 aromatic heterocycles. The summed E-state index contributed by atoms with van der Waals surface area (Å²) in [6.45, 7) is 1.78. The first kappa shape index (κ1) is 25.5. The van der Waals surface area contributed by atoms with Crippen molar-refractivity contribution in [3.05, 3.63) is 35.4 Å². The van der Waals surface area contributed by atoms with E-state index < -0.39 is 0 Å². The zero-order valence-corrected chi connectivity index (χ0v) is 19.4. The molecule has 174 valence electrons. The Bertz CT molecular complexity index is 611. The molecule has 0 fully saturated rings. The standard InChI is InChI=1S/C26H41NO4/c1-30-22-31-21-17-13-11-9-7-5-3-2-4-6-8-10-12-16-20-27-25(28)23-18-14-15-19-24(23)26(27)29/h14-15,18-19H,2-13,16-17,20-22H2,1H3. The minimum Gasteiger partial charge on any atom is -0.359 e. The van der Waals surface area contributed by atoms with Crippen LogP contribution < -0.4 is 0 Å². The quantitative estimate of drug-likeness (QED) is 0.145. The molecule has 0 atom stereocenters. The maximum Gasteiger partial charge on any atom is 0.261 e. The first-order valence-corrected chi connectivity index (χ1v) is 12.3. The van der Waals surface area contributed by atoms with Crippen molar-refractivity contribution >= 4 is 11.8 Å². The van der Waals surface area contributed by atoms with Crippen molar-refractivity contribution in [1.29, 1.82) is 0 Å². The van der Waals surface area contributed by atoms with Crippen LogP contribution in [0.2, 0.25) is 0 Å². The first-order chi connectivity index (χ1) is 15.3. The molecule has 31 heavy (non-hydrogen) atoms. The molecule has 0 radical (unpaired) electrons. The van der Waals surface area contributed by atoms with Crippen LogP contribution in [0.3, 0.4) is 0 Å². The Labute approximate surface area is 188 Å². The number of benzene rings is 1. The van der Waals surface area contributed by atoms with Gasteiger partial charge >= 0.3 is 0 Å². The average molecular weight is 432 g/mol. The van der Waals surface area contributed by atoms with E-state index >= 15 is 0 Å². The van der Waals surface area contributed by atoms with Gasteiger partial charge in [0.15, 0.2) is 0 Å². The molecule has 1 heterocycles. The number of hydrogen-bond acceptors (Lipinski definition) is 4. The summed E-state index contributed by atoms with van der Waals surface area (Å²) in [5.41, 5.74) is 1.11. The van der Waals surface area contributed by atoms with Crippen LogP contribution in [0.1, 0.15) is 111 Å². The zero-order valence-electron chi connectivity index (χ0n) is 19.4. The molecule has 5 heteroatoms. The number of imide groups is 1. The van der Waals surface area contributed by atoms with E-state index in [0.717, 1.165) is 25.9 Å². The lowest BCUT2D eigenvalue weighted by Gasteiger charge is -2.13. The maximum atomic E-state index is 12.3. The van der Waals surface area contributed by atoms with Crippen molar-refractivity contribution in [3.63, 3.8) is 0 Å². The van der Waals surface area contributed by atoms with Gasteiger partial charge in [0.2, 0.25) is 0 Å². The Morgan fingerprint density at radius 2 is 1.06 bits per heavy atom. The molecule has 0 saturated carbocycles. The number of methoxy groups -OCH3 is 1. The highest BCUT2D eigenvalue weighted by atomic mass is 16.7. The van der Waals surface area contributed by atoms with E-state index in [1.54, 1.807) is 19.2 Å². The summed E-state index contributed by atoms with van der Waals surface area (Å²) < 4.78 is 10.1. The Balaban J connectivity index is 1.33. The van der Waals surface area contributed by atoms with E-state index in [0.29, 0.717) is 24.5 Å². The Kier molecular flexibility index (Phi) is 13.2. The molecule has 0 bridgehead atoms. The topological polar surface area (TPSA) is 55.8 Å². The van der Waals surface area contributed by atoms with Crippen LogP contribution >= 0.6 is 0 Å². The highest BCUT2D eigenvalue weighted by Crippen LogP contribution is 2.23. The predicted molar refractivity (Wildman–Crippen MR) is 124 cm³/mol. The largest absolute Gasteiger partial charge is 0.359 e. The van der Waals surface area contributed by atoms with Gasteiger partial charge in [-0.2, -0.15) is 0 Å². The summed E-state index contributed by atoms with van der Waals surface area (Å²) in [6, 6.07) is 7.13. The molecule has 5 nitrogen and oxygen atoms in total. The molecule has 1 aromatic rings. The summed E-state index contributed by atoms with van der Waals surface area (Å²) in [6.07, 6.45) is 17.6. The van der Waals surface area contributed by atoms with Gasteiger partial charge in [-0.05, 0) is 25.0 Å². The summed E-state index contributed by atoms with van der Waals surface area (Å²) >= 11 is 0. The number of fused-ring (bicyclic) bond motifs is 1. The molecule has 0 unspecified atom stereocenters. The van der Waals surface area contributed by atoms with Crippen LogP contribution in [0.4, 0.5) is 0 Å². The molecule has 0 spiro atoms. The van der Waals surface area contributed by atoms with Crippen LogP contribution in [-0.4, -0.2) is 43.8 Å². The lowest BCUT2D eigenvalue weighted by Crippen LogP contribution is -2.30. The number of amides is 2. The van der Waals surface area contributed by atoms with Gasteiger partial charge in [0, 0.05) is 20.3 Å². The monoisotopic (exact) mass is 431 g/mol. The summed E-state index contributed by atoms with van der Waals surface area (Å²) in [7, 11) is 1.66. The van der Waals surface area contributed by atoms with E-state index in [2.05, 4.69) is 0 Å². The average Bonchev–Trinajstić information content (AvgIpc) is 3.03. The third-order valence-electron chi connectivity index (χ3n) is 6.00. The maximum absolute atomic E-state index is 12.3. The Morgan fingerprint density at radius 3 is 1.52 bits per heavy atom. The molecule has 1 aromatic carbocycles. The fraction of sp³-hybridized carbons (Fsp3) is 0.692. The van der Waals surface area contributed by atoms with E-state index in [4.69, 9.17) is 9.47 Å². The molecular weight excluding hydrogens is 390 g/mol. The van der Waals surface area contributed by atoms with Gasteiger partial charge in [-0.15, -0.1) is 0 Å². The van der Waals surface area contributed by atoms with Crippen LogP contribution in [0.15, 0.2) is 24.3 Å². The molecule has 2 amide bonds. The van der Waals surface area contributed by atoms with Gasteiger partial charge in [-0.1, -0.05) is 89.2 Å². The van der Waals surface area contributed by atoms with Gasteiger partial charge in [-0.3, -0.25) is 14.5 Å². The minimum atomic E-state index is -0.128. The fourth-order valence-corrected chi connectivity index (χ4v) is 4.18. The highest BCUT2D eigenvalue weighted by molar-refractivity contribution is 6.21. The van der Waals surface area contributed by atoms with Crippen LogP contribution in [0.5, 0.6) is 0 Å². The second-order valence-corrected chi connectivity index (χ2v) is 8.57. The third kappa shape index (κ3) is 9.53. The number of hydrogen-bond donors (Lipinski definition) is 0. The number of nitrogens with zero attached hydrogens (tertiary/aromatic N) is 1. The Hall–Kier alpha value is -1.72. The molecule has 2 rings (SSSR count). The summed E-state index contributed by atoms with van der Waals surface area (Å²) in [5, 5.41) is 0. The van der Waals surface area contributed by atoms with E-state index in [1.165, 1.54) is 75.5 Å². The van der Waals surface area contributed by atoms with Crippen molar-refractivity contribution in [2.75, 3.05) is 27.1 Å². The number of ether oxygens (including phenoxy) is 2. The molecule has 0 aliphatic carbocycles. The van der Waals surface area contributed by atoms with Gasteiger partial charge in [0.25, 0.3) is 11.8 Å². The Morgan fingerprint density at radius 1 is 0.645 bits per heavy atom. The van der Waals surface area contributed by atoms with Gasteiger partial charge in [0.1, 0.15) is 6.79 Å².